The number of ether oxygens (including phenoxy) is 2. The third-order valence-electron chi connectivity index (χ3n) is 5.91. The summed E-state index contributed by atoms with van der Waals surface area (Å²) in [5.41, 5.74) is 2.83. The van der Waals surface area contributed by atoms with Crippen molar-refractivity contribution in [2.75, 3.05) is 7.11 Å². The topological polar surface area (TPSA) is 99.8 Å². The second-order valence-electron chi connectivity index (χ2n) is 7.60. The second kappa shape index (κ2) is 8.21. The molecule has 4 rings (SSSR count). The predicted octanol–water partition coefficient (Wildman–Crippen LogP) is 3.70. The minimum absolute atomic E-state index is 0.0652. The first-order valence-electron chi connectivity index (χ1n) is 10.0. The molecule has 152 valence electrons. The van der Waals surface area contributed by atoms with Gasteiger partial charge in [0.2, 0.25) is 0 Å². The lowest BCUT2D eigenvalue weighted by Crippen LogP contribution is -2.33. The van der Waals surface area contributed by atoms with E-state index in [4.69, 9.17) is 20.3 Å². The number of nitrogens with one attached hydrogen (secondary N) is 3. The summed E-state index contributed by atoms with van der Waals surface area (Å²) in [5, 5.41) is 17.2. The average molecular weight is 393 g/mol. The van der Waals surface area contributed by atoms with Gasteiger partial charge in [-0.3, -0.25) is 15.4 Å². The van der Waals surface area contributed by atoms with Crippen molar-refractivity contribution in [3.8, 4) is 5.75 Å². The van der Waals surface area contributed by atoms with Crippen molar-refractivity contribution in [2.24, 2.45) is 11.8 Å². The van der Waals surface area contributed by atoms with Gasteiger partial charge in [-0.15, -0.1) is 0 Å². The first kappa shape index (κ1) is 19.4. The lowest BCUT2D eigenvalue weighted by Gasteiger charge is -2.21. The summed E-state index contributed by atoms with van der Waals surface area (Å²) in [4.78, 5) is 7.31. The molecule has 3 N–H and O–H groups in total. The van der Waals surface area contributed by atoms with Crippen LogP contribution in [0.2, 0.25) is 0 Å². The molecule has 0 radical (unpaired) electrons. The zero-order chi connectivity index (χ0) is 20.4. The zero-order valence-corrected chi connectivity index (χ0v) is 16.8. The molecule has 0 spiro atoms. The molecular formula is C22H27N5O2. The minimum Gasteiger partial charge on any atom is -0.497 e. The Kier molecular flexibility index (Phi) is 5.49. The van der Waals surface area contributed by atoms with E-state index in [1.54, 1.807) is 17.9 Å². The van der Waals surface area contributed by atoms with E-state index in [-0.39, 0.29) is 17.5 Å². The number of hydrogen-bond acceptors (Lipinski definition) is 5. The molecule has 7 heteroatoms. The summed E-state index contributed by atoms with van der Waals surface area (Å²) in [7, 11) is 1.66. The lowest BCUT2D eigenvalue weighted by atomic mass is 9.92. The van der Waals surface area contributed by atoms with Crippen LogP contribution in [0.15, 0.2) is 42.7 Å². The maximum Gasteiger partial charge on any atom is 0.154 e. The molecule has 3 atom stereocenters. The number of aromatic amines is 1. The summed E-state index contributed by atoms with van der Waals surface area (Å²) >= 11 is 0. The third kappa shape index (κ3) is 3.82. The Balaban J connectivity index is 1.49. The lowest BCUT2D eigenvalue weighted by molar-refractivity contribution is 0.0421. The van der Waals surface area contributed by atoms with E-state index in [0.29, 0.717) is 24.0 Å². The molecular weight excluding hydrogens is 366 g/mol. The first-order valence-corrected chi connectivity index (χ1v) is 10.0. The summed E-state index contributed by atoms with van der Waals surface area (Å²) < 4.78 is 13.1. The Bertz CT molecular complexity index is 1050. The number of hydrogen-bond donors (Lipinski definition) is 3. The molecule has 0 bridgehead atoms. The van der Waals surface area contributed by atoms with Gasteiger partial charge < -0.3 is 14.5 Å². The number of benzene rings is 1. The van der Waals surface area contributed by atoms with Gasteiger partial charge in [0.05, 0.1) is 31.5 Å². The van der Waals surface area contributed by atoms with Crippen LogP contribution in [0, 0.1) is 22.7 Å². The molecule has 1 fully saturated rings. The van der Waals surface area contributed by atoms with Crippen LogP contribution in [0.25, 0.3) is 11.2 Å². The molecule has 1 aromatic carbocycles. The molecule has 29 heavy (non-hydrogen) atoms. The first-order chi connectivity index (χ1) is 14.1. The summed E-state index contributed by atoms with van der Waals surface area (Å²) in [6.45, 7) is 2.72. The number of nitrogens with zero attached hydrogens (tertiary/aromatic N) is 2. The molecule has 7 nitrogen and oxygen atoms in total. The van der Waals surface area contributed by atoms with Crippen molar-refractivity contribution in [1.82, 2.24) is 14.5 Å². The van der Waals surface area contributed by atoms with E-state index in [2.05, 4.69) is 16.9 Å². The van der Waals surface area contributed by atoms with Gasteiger partial charge in [-0.25, -0.2) is 4.98 Å². The van der Waals surface area contributed by atoms with Crippen LogP contribution in [0.5, 0.6) is 5.75 Å². The monoisotopic (exact) mass is 393 g/mol. The van der Waals surface area contributed by atoms with Crippen molar-refractivity contribution in [3.05, 3.63) is 53.8 Å². The normalized spacial score (nSPS) is 21.5. The van der Waals surface area contributed by atoms with Gasteiger partial charge >= 0.3 is 0 Å². The van der Waals surface area contributed by atoms with Crippen LogP contribution in [-0.4, -0.2) is 33.6 Å². The second-order valence-corrected chi connectivity index (χ2v) is 7.60. The predicted molar refractivity (Wildman–Crippen MR) is 111 cm³/mol. The SMILES string of the molecule is CCC1CC(OCc2ccc(OC)cc2)CC1C(=N)n1c(=N)cnc2[nH]ccc21. The van der Waals surface area contributed by atoms with E-state index < -0.39 is 0 Å². The van der Waals surface area contributed by atoms with E-state index in [1.807, 2.05) is 30.3 Å². The van der Waals surface area contributed by atoms with E-state index in [9.17, 15) is 0 Å². The number of H-pyrrole nitrogens is 1. The van der Waals surface area contributed by atoms with Crippen molar-refractivity contribution >= 4 is 17.0 Å². The maximum absolute atomic E-state index is 8.89. The van der Waals surface area contributed by atoms with E-state index >= 15 is 0 Å². The van der Waals surface area contributed by atoms with E-state index in [1.165, 1.54) is 6.20 Å². The molecule has 0 amide bonds. The third-order valence-corrected chi connectivity index (χ3v) is 5.91. The Morgan fingerprint density at radius 2 is 2.03 bits per heavy atom. The molecule has 0 saturated heterocycles. The Morgan fingerprint density at radius 1 is 1.24 bits per heavy atom. The van der Waals surface area contributed by atoms with E-state index in [0.717, 1.165) is 36.1 Å². The molecule has 3 unspecified atom stereocenters. The van der Waals surface area contributed by atoms with Crippen molar-refractivity contribution in [1.29, 1.82) is 10.8 Å². The highest BCUT2D eigenvalue weighted by molar-refractivity contribution is 5.91. The minimum atomic E-state index is 0.0652. The summed E-state index contributed by atoms with van der Waals surface area (Å²) in [6.07, 6.45) is 6.15. The average Bonchev–Trinajstić information content (AvgIpc) is 3.38. The highest BCUT2D eigenvalue weighted by Crippen LogP contribution is 2.37. The molecule has 3 aromatic rings. The fourth-order valence-electron chi connectivity index (χ4n) is 4.31. The Labute approximate surface area is 169 Å². The van der Waals surface area contributed by atoms with Crippen LogP contribution in [0.3, 0.4) is 0 Å². The molecule has 2 heterocycles. The fraction of sp³-hybridized carbons (Fsp3) is 0.409. The number of fused-ring (bicyclic) bond motifs is 1. The Hall–Kier alpha value is -2.93. The van der Waals surface area contributed by atoms with Gasteiger partial charge in [0.25, 0.3) is 0 Å². The van der Waals surface area contributed by atoms with Gasteiger partial charge in [-0.2, -0.15) is 0 Å². The van der Waals surface area contributed by atoms with Crippen LogP contribution >= 0.6 is 0 Å². The molecule has 0 aliphatic heterocycles. The number of rotatable bonds is 6. The van der Waals surface area contributed by atoms with Crippen LogP contribution in [-0.2, 0) is 11.3 Å². The molecule has 1 saturated carbocycles. The van der Waals surface area contributed by atoms with Gasteiger partial charge in [-0.05, 0) is 42.5 Å². The maximum atomic E-state index is 8.89. The Morgan fingerprint density at radius 3 is 2.76 bits per heavy atom. The molecule has 1 aliphatic rings. The van der Waals surface area contributed by atoms with Gasteiger partial charge in [0.15, 0.2) is 5.65 Å². The van der Waals surface area contributed by atoms with Crippen LogP contribution in [0.4, 0.5) is 0 Å². The van der Waals surface area contributed by atoms with Gasteiger partial charge in [0, 0.05) is 12.1 Å². The van der Waals surface area contributed by atoms with Gasteiger partial charge in [0.1, 0.15) is 17.1 Å². The smallest absolute Gasteiger partial charge is 0.154 e. The number of aromatic nitrogens is 3. The van der Waals surface area contributed by atoms with Crippen molar-refractivity contribution < 1.29 is 9.47 Å². The van der Waals surface area contributed by atoms with Crippen LogP contribution < -0.4 is 10.2 Å². The van der Waals surface area contributed by atoms with Crippen LogP contribution in [0.1, 0.15) is 31.7 Å². The fourth-order valence-corrected chi connectivity index (χ4v) is 4.31. The zero-order valence-electron chi connectivity index (χ0n) is 16.8. The highest BCUT2D eigenvalue weighted by Gasteiger charge is 2.37. The summed E-state index contributed by atoms with van der Waals surface area (Å²) in [6, 6.07) is 9.80. The standard InChI is InChI=1S/C22H27N5O2/c1-3-15-10-17(29-13-14-4-6-16(28-2)7-5-14)11-18(15)21(24)27-19-8-9-25-22(19)26-12-20(27)23/h4-9,12,15,17-18,23-25H,3,10-11,13H2,1-2H3. The van der Waals surface area contributed by atoms with Crippen molar-refractivity contribution in [3.63, 3.8) is 0 Å². The van der Waals surface area contributed by atoms with Crippen molar-refractivity contribution in [2.45, 2.75) is 38.9 Å². The highest BCUT2D eigenvalue weighted by atomic mass is 16.5. The molecule has 1 aliphatic carbocycles. The van der Waals surface area contributed by atoms with Gasteiger partial charge in [-0.1, -0.05) is 25.5 Å². The molecule has 2 aromatic heterocycles. The quantitative estimate of drug-likeness (QED) is 0.440. The largest absolute Gasteiger partial charge is 0.497 e. The summed E-state index contributed by atoms with van der Waals surface area (Å²) in [5.74, 6) is 1.74. The number of methoxy groups -OCH3 is 1.